The molecule has 1 aliphatic rings. The van der Waals surface area contributed by atoms with E-state index in [9.17, 15) is 0 Å². The fourth-order valence-electron chi connectivity index (χ4n) is 4.79. The van der Waals surface area contributed by atoms with Crippen LogP contribution in [0.15, 0.2) is 115 Å². The van der Waals surface area contributed by atoms with Crippen LogP contribution in [0.3, 0.4) is 0 Å². The van der Waals surface area contributed by atoms with Crippen LogP contribution in [0.4, 0.5) is 5.69 Å². The molecule has 0 radical (unpaired) electrons. The first-order valence-corrected chi connectivity index (χ1v) is 12.0. The van der Waals surface area contributed by atoms with Gasteiger partial charge in [-0.25, -0.2) is 0 Å². The summed E-state index contributed by atoms with van der Waals surface area (Å²) >= 11 is 12.5. The molecule has 0 saturated heterocycles. The molecule has 5 aromatic rings. The van der Waals surface area contributed by atoms with Gasteiger partial charge in [0.25, 0.3) is 0 Å². The third-order valence-electron chi connectivity index (χ3n) is 6.36. The van der Waals surface area contributed by atoms with E-state index in [1.54, 1.807) is 0 Å². The second kappa shape index (κ2) is 8.72. The molecule has 0 N–H and O–H groups in total. The van der Waals surface area contributed by atoms with Crippen molar-refractivity contribution < 1.29 is 4.74 Å². The quantitative estimate of drug-likeness (QED) is 0.255. The van der Waals surface area contributed by atoms with Crippen molar-refractivity contribution in [3.63, 3.8) is 0 Å². The highest BCUT2D eigenvalue weighted by atomic mass is 35.5. The Bertz CT molecular complexity index is 1450. The van der Waals surface area contributed by atoms with Crippen LogP contribution in [-0.4, -0.2) is 0 Å². The van der Waals surface area contributed by atoms with Gasteiger partial charge in [-0.3, -0.25) is 0 Å². The molecule has 5 aromatic carbocycles. The standard InChI is InChI=1S/C30H21Cl2NO/c31-23-15-10-21(11-16-23)28-27-19-14-20-6-4-5-9-26(20)29(27)34-30(22-12-17-24(32)18-13-22)33(28)25-7-2-1-3-8-25/h1-19,28,30H/t28-,30+/m1/s1. The molecule has 0 bridgehead atoms. The topological polar surface area (TPSA) is 12.5 Å². The van der Waals surface area contributed by atoms with Crippen LogP contribution in [0.1, 0.15) is 29.0 Å². The smallest absolute Gasteiger partial charge is 0.199 e. The first-order chi connectivity index (χ1) is 16.7. The minimum atomic E-state index is -0.348. The van der Waals surface area contributed by atoms with E-state index < -0.39 is 0 Å². The van der Waals surface area contributed by atoms with E-state index in [0.29, 0.717) is 5.02 Å². The van der Waals surface area contributed by atoms with Gasteiger partial charge in [0, 0.05) is 32.2 Å². The number of anilines is 1. The number of fused-ring (bicyclic) bond motifs is 3. The molecule has 1 aliphatic heterocycles. The lowest BCUT2D eigenvalue weighted by atomic mass is 9.90. The molecule has 166 valence electrons. The van der Waals surface area contributed by atoms with Crippen molar-refractivity contribution in [1.82, 2.24) is 0 Å². The molecule has 0 amide bonds. The normalized spacial score (nSPS) is 17.3. The Morgan fingerprint density at radius 2 is 1.21 bits per heavy atom. The summed E-state index contributed by atoms with van der Waals surface area (Å²) < 4.78 is 6.87. The van der Waals surface area contributed by atoms with E-state index in [2.05, 4.69) is 77.7 Å². The highest BCUT2D eigenvalue weighted by Crippen LogP contribution is 2.50. The molecule has 4 heteroatoms. The largest absolute Gasteiger partial charge is 0.465 e. The van der Waals surface area contributed by atoms with E-state index in [4.69, 9.17) is 27.9 Å². The van der Waals surface area contributed by atoms with Gasteiger partial charge in [-0.2, -0.15) is 0 Å². The lowest BCUT2D eigenvalue weighted by molar-refractivity contribution is 0.172. The van der Waals surface area contributed by atoms with Gasteiger partial charge in [-0.1, -0.05) is 102 Å². The molecule has 34 heavy (non-hydrogen) atoms. The summed E-state index contributed by atoms with van der Waals surface area (Å²) in [5.74, 6) is 0.908. The zero-order valence-corrected chi connectivity index (χ0v) is 19.7. The van der Waals surface area contributed by atoms with Crippen molar-refractivity contribution in [2.24, 2.45) is 0 Å². The maximum Gasteiger partial charge on any atom is 0.199 e. The lowest BCUT2D eigenvalue weighted by Crippen LogP contribution is -2.40. The van der Waals surface area contributed by atoms with Gasteiger partial charge in [0.1, 0.15) is 5.75 Å². The van der Waals surface area contributed by atoms with Gasteiger partial charge in [-0.15, -0.1) is 0 Å². The summed E-state index contributed by atoms with van der Waals surface area (Å²) in [6.45, 7) is 0. The summed E-state index contributed by atoms with van der Waals surface area (Å²) in [7, 11) is 0. The molecule has 1 heterocycles. The van der Waals surface area contributed by atoms with Crippen LogP contribution in [0, 0.1) is 0 Å². The van der Waals surface area contributed by atoms with Crippen molar-refractivity contribution in [2.75, 3.05) is 4.90 Å². The Balaban J connectivity index is 1.64. The second-order valence-corrected chi connectivity index (χ2v) is 9.30. The molecule has 0 saturated carbocycles. The molecule has 0 unspecified atom stereocenters. The van der Waals surface area contributed by atoms with Crippen molar-refractivity contribution in [2.45, 2.75) is 12.3 Å². The first-order valence-electron chi connectivity index (χ1n) is 11.2. The number of rotatable bonds is 3. The van der Waals surface area contributed by atoms with E-state index in [1.807, 2.05) is 42.5 Å². The number of ether oxygens (including phenoxy) is 1. The summed E-state index contributed by atoms with van der Waals surface area (Å²) in [5, 5.41) is 3.67. The highest BCUT2D eigenvalue weighted by molar-refractivity contribution is 6.30. The summed E-state index contributed by atoms with van der Waals surface area (Å²) in [6.07, 6.45) is -0.348. The fourth-order valence-corrected chi connectivity index (χ4v) is 5.04. The number of hydrogen-bond donors (Lipinski definition) is 0. The van der Waals surface area contributed by atoms with Crippen molar-refractivity contribution in [3.05, 3.63) is 142 Å². The molecular formula is C30H21Cl2NO. The maximum absolute atomic E-state index is 6.87. The van der Waals surface area contributed by atoms with E-state index >= 15 is 0 Å². The van der Waals surface area contributed by atoms with Gasteiger partial charge >= 0.3 is 0 Å². The van der Waals surface area contributed by atoms with Crippen LogP contribution in [0.25, 0.3) is 10.8 Å². The average molecular weight is 482 g/mol. The van der Waals surface area contributed by atoms with E-state index in [1.165, 1.54) is 0 Å². The van der Waals surface area contributed by atoms with Crippen LogP contribution in [-0.2, 0) is 0 Å². The fraction of sp³-hybridized carbons (Fsp3) is 0.0667. The van der Waals surface area contributed by atoms with E-state index in [-0.39, 0.29) is 12.3 Å². The molecular weight excluding hydrogens is 461 g/mol. The van der Waals surface area contributed by atoms with Crippen LogP contribution >= 0.6 is 23.2 Å². The monoisotopic (exact) mass is 481 g/mol. The number of benzene rings is 5. The molecule has 0 aromatic heterocycles. The Labute approximate surface area is 208 Å². The summed E-state index contributed by atoms with van der Waals surface area (Å²) in [5.41, 5.74) is 4.37. The van der Waals surface area contributed by atoms with Gasteiger partial charge in [-0.05, 0) is 47.3 Å². The molecule has 0 aliphatic carbocycles. The Kier molecular flexibility index (Phi) is 5.41. The Morgan fingerprint density at radius 3 is 1.91 bits per heavy atom. The van der Waals surface area contributed by atoms with Crippen LogP contribution in [0.2, 0.25) is 10.0 Å². The maximum atomic E-state index is 6.87. The SMILES string of the molecule is Clc1ccc([C@@H]2c3ccc4ccccc4c3O[C@@H](c3ccc(Cl)cc3)N2c2ccccc2)cc1. The van der Waals surface area contributed by atoms with E-state index in [0.717, 1.165) is 43.9 Å². The van der Waals surface area contributed by atoms with Gasteiger partial charge in [0.05, 0.1) is 6.04 Å². The van der Waals surface area contributed by atoms with Crippen molar-refractivity contribution in [3.8, 4) is 5.75 Å². The molecule has 0 spiro atoms. The zero-order chi connectivity index (χ0) is 23.1. The minimum Gasteiger partial charge on any atom is -0.465 e. The third-order valence-corrected chi connectivity index (χ3v) is 6.86. The van der Waals surface area contributed by atoms with Gasteiger partial charge < -0.3 is 9.64 Å². The van der Waals surface area contributed by atoms with Crippen LogP contribution in [0.5, 0.6) is 5.75 Å². The zero-order valence-electron chi connectivity index (χ0n) is 18.2. The summed E-state index contributed by atoms with van der Waals surface area (Å²) in [6, 6.07) is 39.1. The number of hydrogen-bond acceptors (Lipinski definition) is 2. The second-order valence-electron chi connectivity index (χ2n) is 8.42. The minimum absolute atomic E-state index is 0.0753. The predicted molar refractivity (Wildman–Crippen MR) is 141 cm³/mol. The van der Waals surface area contributed by atoms with Crippen molar-refractivity contribution >= 4 is 39.7 Å². The highest BCUT2D eigenvalue weighted by Gasteiger charge is 2.38. The van der Waals surface area contributed by atoms with Gasteiger partial charge in [0.15, 0.2) is 6.23 Å². The predicted octanol–water partition coefficient (Wildman–Crippen LogP) is 8.83. The Morgan fingerprint density at radius 1 is 0.588 bits per heavy atom. The number of para-hydroxylation sites is 1. The lowest BCUT2D eigenvalue weighted by Gasteiger charge is -2.45. The summed E-state index contributed by atoms with van der Waals surface area (Å²) in [4.78, 5) is 2.34. The average Bonchev–Trinajstić information content (AvgIpc) is 2.89. The van der Waals surface area contributed by atoms with Crippen LogP contribution < -0.4 is 9.64 Å². The third kappa shape index (κ3) is 3.69. The molecule has 6 rings (SSSR count). The van der Waals surface area contributed by atoms with Gasteiger partial charge in [0.2, 0.25) is 0 Å². The molecule has 2 atom stereocenters. The first kappa shape index (κ1) is 21.1. The Hall–Kier alpha value is -3.46. The number of halogens is 2. The number of nitrogens with zero attached hydrogens (tertiary/aromatic N) is 1. The van der Waals surface area contributed by atoms with Crippen molar-refractivity contribution in [1.29, 1.82) is 0 Å². The molecule has 2 nitrogen and oxygen atoms in total. The molecule has 0 fully saturated rings.